The minimum Gasteiger partial charge on any atom is -0.497 e. The number of hydrogen-bond donors (Lipinski definition) is 2. The molecule has 3 rings (SSSR count). The summed E-state index contributed by atoms with van der Waals surface area (Å²) >= 11 is 0. The van der Waals surface area contributed by atoms with Crippen molar-refractivity contribution in [1.82, 2.24) is 5.43 Å². The van der Waals surface area contributed by atoms with Gasteiger partial charge in [-0.3, -0.25) is 9.59 Å². The van der Waals surface area contributed by atoms with Crippen LogP contribution in [0.1, 0.15) is 16.7 Å². The third-order valence-corrected chi connectivity index (χ3v) is 4.87. The van der Waals surface area contributed by atoms with Crippen molar-refractivity contribution >= 4 is 23.7 Å². The Balaban J connectivity index is 1.53. The minimum absolute atomic E-state index is 0.168. The van der Waals surface area contributed by atoms with Crippen molar-refractivity contribution in [2.45, 2.75) is 13.3 Å². The summed E-state index contributed by atoms with van der Waals surface area (Å²) < 4.78 is 16.2. The summed E-state index contributed by atoms with van der Waals surface area (Å²) in [5.41, 5.74) is 5.72. The number of amides is 2. The molecule has 0 heterocycles. The molecular formula is C26H27N3O5. The van der Waals surface area contributed by atoms with Gasteiger partial charge in [0.1, 0.15) is 5.75 Å². The van der Waals surface area contributed by atoms with Crippen LogP contribution in [0.5, 0.6) is 17.2 Å². The molecule has 0 saturated heterocycles. The quantitative estimate of drug-likeness (QED) is 0.354. The highest BCUT2D eigenvalue weighted by Crippen LogP contribution is 2.27. The van der Waals surface area contributed by atoms with Crippen molar-refractivity contribution in [2.24, 2.45) is 5.10 Å². The van der Waals surface area contributed by atoms with E-state index in [1.54, 1.807) is 31.4 Å². The molecule has 0 unspecified atom stereocenters. The lowest BCUT2D eigenvalue weighted by molar-refractivity contribution is -0.120. The van der Waals surface area contributed by atoms with Crippen LogP contribution in [-0.4, -0.2) is 38.9 Å². The SMILES string of the molecule is COc1cccc(CC(=O)N/N=C/c2ccc(OCC(=O)Nc3ccccc3C)c(OC)c2)c1. The van der Waals surface area contributed by atoms with E-state index >= 15 is 0 Å². The van der Waals surface area contributed by atoms with Crippen LogP contribution in [0, 0.1) is 6.92 Å². The Morgan fingerprint density at radius 2 is 1.74 bits per heavy atom. The number of anilines is 1. The molecule has 0 bridgehead atoms. The van der Waals surface area contributed by atoms with E-state index in [9.17, 15) is 9.59 Å². The van der Waals surface area contributed by atoms with Crippen molar-refractivity contribution in [1.29, 1.82) is 0 Å². The number of hydrazone groups is 1. The number of nitrogens with one attached hydrogen (secondary N) is 2. The van der Waals surface area contributed by atoms with Crippen LogP contribution < -0.4 is 25.0 Å². The molecule has 0 radical (unpaired) electrons. The number of aryl methyl sites for hydroxylation is 1. The van der Waals surface area contributed by atoms with Crippen molar-refractivity contribution in [3.8, 4) is 17.2 Å². The average molecular weight is 462 g/mol. The Labute approximate surface area is 198 Å². The first-order valence-corrected chi connectivity index (χ1v) is 10.6. The van der Waals surface area contributed by atoms with E-state index < -0.39 is 0 Å². The number of methoxy groups -OCH3 is 2. The monoisotopic (exact) mass is 461 g/mol. The topological polar surface area (TPSA) is 98.3 Å². The van der Waals surface area contributed by atoms with Gasteiger partial charge in [0.05, 0.1) is 26.9 Å². The van der Waals surface area contributed by atoms with Crippen LogP contribution >= 0.6 is 0 Å². The van der Waals surface area contributed by atoms with Crippen LogP contribution in [0.15, 0.2) is 71.8 Å². The summed E-state index contributed by atoms with van der Waals surface area (Å²) in [6.45, 7) is 1.75. The van der Waals surface area contributed by atoms with Crippen LogP contribution in [0.3, 0.4) is 0 Å². The Kier molecular flexibility index (Phi) is 8.62. The second kappa shape index (κ2) is 12.1. The van der Waals surface area contributed by atoms with E-state index in [4.69, 9.17) is 14.2 Å². The minimum atomic E-state index is -0.277. The molecule has 0 aliphatic heterocycles. The molecule has 3 aromatic rings. The highest BCUT2D eigenvalue weighted by Gasteiger charge is 2.10. The van der Waals surface area contributed by atoms with Gasteiger partial charge in [0.2, 0.25) is 5.91 Å². The molecule has 0 fully saturated rings. The molecule has 8 nitrogen and oxygen atoms in total. The largest absolute Gasteiger partial charge is 0.497 e. The third-order valence-electron chi connectivity index (χ3n) is 4.87. The maximum absolute atomic E-state index is 12.2. The molecule has 2 N–H and O–H groups in total. The van der Waals surface area contributed by atoms with E-state index in [0.717, 1.165) is 16.8 Å². The lowest BCUT2D eigenvalue weighted by Crippen LogP contribution is -2.20. The van der Waals surface area contributed by atoms with Crippen molar-refractivity contribution in [3.05, 3.63) is 83.4 Å². The molecule has 0 saturated carbocycles. The molecule has 8 heteroatoms. The first-order valence-electron chi connectivity index (χ1n) is 10.6. The van der Waals surface area contributed by atoms with Crippen LogP contribution in [0.25, 0.3) is 0 Å². The fourth-order valence-electron chi connectivity index (χ4n) is 3.11. The Bertz CT molecular complexity index is 1180. The fourth-order valence-corrected chi connectivity index (χ4v) is 3.11. The predicted octanol–water partition coefficient (Wildman–Crippen LogP) is 3.72. The zero-order chi connectivity index (χ0) is 24.3. The predicted molar refractivity (Wildman–Crippen MR) is 131 cm³/mol. The van der Waals surface area contributed by atoms with Crippen molar-refractivity contribution < 1.29 is 23.8 Å². The molecule has 0 aliphatic carbocycles. The van der Waals surface area contributed by atoms with Gasteiger partial charge in [-0.05, 0) is 60.0 Å². The third kappa shape index (κ3) is 7.09. The van der Waals surface area contributed by atoms with E-state index in [-0.39, 0.29) is 24.8 Å². The lowest BCUT2D eigenvalue weighted by Gasteiger charge is -2.12. The van der Waals surface area contributed by atoms with Gasteiger partial charge in [-0.25, -0.2) is 5.43 Å². The van der Waals surface area contributed by atoms with E-state index in [1.807, 2.05) is 49.4 Å². The molecular weight excluding hydrogens is 434 g/mol. The van der Waals surface area contributed by atoms with Gasteiger partial charge in [-0.2, -0.15) is 5.10 Å². The first kappa shape index (κ1) is 24.3. The van der Waals surface area contributed by atoms with Gasteiger partial charge in [0.25, 0.3) is 5.91 Å². The molecule has 0 atom stereocenters. The van der Waals surface area contributed by atoms with Crippen LogP contribution in [-0.2, 0) is 16.0 Å². The molecule has 176 valence electrons. The Morgan fingerprint density at radius 1 is 0.912 bits per heavy atom. The highest BCUT2D eigenvalue weighted by atomic mass is 16.5. The van der Waals surface area contributed by atoms with Crippen LogP contribution in [0.4, 0.5) is 5.69 Å². The Morgan fingerprint density at radius 3 is 2.50 bits per heavy atom. The van der Waals surface area contributed by atoms with Crippen molar-refractivity contribution in [2.75, 3.05) is 26.1 Å². The van der Waals surface area contributed by atoms with E-state index in [0.29, 0.717) is 22.8 Å². The van der Waals surface area contributed by atoms with Gasteiger partial charge in [0, 0.05) is 5.69 Å². The maximum Gasteiger partial charge on any atom is 0.262 e. The summed E-state index contributed by atoms with van der Waals surface area (Å²) in [6, 6.07) is 19.9. The molecule has 0 aliphatic rings. The van der Waals surface area contributed by atoms with Gasteiger partial charge < -0.3 is 19.5 Å². The summed E-state index contributed by atoms with van der Waals surface area (Å²) in [5.74, 6) is 1.02. The smallest absolute Gasteiger partial charge is 0.262 e. The number of nitrogens with zero attached hydrogens (tertiary/aromatic N) is 1. The second-order valence-electron chi connectivity index (χ2n) is 7.38. The molecule has 34 heavy (non-hydrogen) atoms. The maximum atomic E-state index is 12.2. The first-order chi connectivity index (χ1) is 16.5. The van der Waals surface area contributed by atoms with Gasteiger partial charge >= 0.3 is 0 Å². The van der Waals surface area contributed by atoms with E-state index in [1.165, 1.54) is 13.3 Å². The summed E-state index contributed by atoms with van der Waals surface area (Å²) in [7, 11) is 3.08. The standard InChI is InChI=1S/C26H27N3O5/c1-18-7-4-5-10-22(18)28-26(31)17-34-23-12-11-20(14-24(23)33-3)16-27-29-25(30)15-19-8-6-9-21(13-19)32-2/h4-14,16H,15,17H2,1-3H3,(H,28,31)(H,29,30)/b27-16+. The second-order valence-corrected chi connectivity index (χ2v) is 7.38. The molecule has 2 amide bonds. The number of carbonyl (C=O) groups excluding carboxylic acids is 2. The summed E-state index contributed by atoms with van der Waals surface area (Å²) in [6.07, 6.45) is 1.68. The summed E-state index contributed by atoms with van der Waals surface area (Å²) in [5, 5.41) is 6.82. The molecule has 3 aromatic carbocycles. The number of carbonyl (C=O) groups is 2. The van der Waals surface area contributed by atoms with Crippen LogP contribution in [0.2, 0.25) is 0 Å². The highest BCUT2D eigenvalue weighted by molar-refractivity contribution is 5.92. The number of ether oxygens (including phenoxy) is 3. The number of benzene rings is 3. The normalized spacial score (nSPS) is 10.6. The number of hydrogen-bond acceptors (Lipinski definition) is 6. The number of rotatable bonds is 10. The zero-order valence-corrected chi connectivity index (χ0v) is 19.3. The average Bonchev–Trinajstić information content (AvgIpc) is 2.84. The number of para-hydroxylation sites is 1. The molecule has 0 spiro atoms. The van der Waals surface area contributed by atoms with Gasteiger partial charge in [0.15, 0.2) is 18.1 Å². The van der Waals surface area contributed by atoms with Gasteiger partial charge in [-0.1, -0.05) is 30.3 Å². The van der Waals surface area contributed by atoms with Gasteiger partial charge in [-0.15, -0.1) is 0 Å². The molecule has 0 aromatic heterocycles. The summed E-state index contributed by atoms with van der Waals surface area (Å²) in [4.78, 5) is 24.4. The fraction of sp³-hybridized carbons (Fsp3) is 0.192. The van der Waals surface area contributed by atoms with E-state index in [2.05, 4.69) is 15.8 Å². The lowest BCUT2D eigenvalue weighted by atomic mass is 10.1. The zero-order valence-electron chi connectivity index (χ0n) is 19.3. The van der Waals surface area contributed by atoms with Crippen molar-refractivity contribution in [3.63, 3.8) is 0 Å². The Hall–Kier alpha value is -4.33.